The molecule has 0 aromatic rings. The third-order valence-electron chi connectivity index (χ3n) is 6.06. The molecular weight excluding hydrogens is 344 g/mol. The van der Waals surface area contributed by atoms with Crippen molar-refractivity contribution in [2.45, 2.75) is 134 Å². The van der Waals surface area contributed by atoms with Crippen LogP contribution >= 0.6 is 11.6 Å². The molecule has 2 nitrogen and oxygen atoms in total. The lowest BCUT2D eigenvalue weighted by Gasteiger charge is -2.21. The highest BCUT2D eigenvalue weighted by molar-refractivity contribution is 6.29. The SMILES string of the molecule is O=C(O)C(Cl)CCCCCCCCCCCCCCCC1CCCCC1. The maximum Gasteiger partial charge on any atom is 0.321 e. The van der Waals surface area contributed by atoms with E-state index in [4.69, 9.17) is 16.7 Å². The zero-order valence-electron chi connectivity index (χ0n) is 17.0. The van der Waals surface area contributed by atoms with Crippen molar-refractivity contribution < 1.29 is 9.90 Å². The molecule has 0 aromatic heterocycles. The van der Waals surface area contributed by atoms with Gasteiger partial charge in [0.2, 0.25) is 0 Å². The van der Waals surface area contributed by atoms with Gasteiger partial charge >= 0.3 is 5.97 Å². The molecule has 0 radical (unpaired) electrons. The molecule has 1 unspecified atom stereocenters. The average Bonchev–Trinajstić information content (AvgIpc) is 2.65. The van der Waals surface area contributed by atoms with Crippen molar-refractivity contribution >= 4 is 17.6 Å². The van der Waals surface area contributed by atoms with Crippen LogP contribution in [0.2, 0.25) is 0 Å². The molecule has 0 aromatic carbocycles. The number of carbonyl (C=O) groups is 1. The van der Waals surface area contributed by atoms with Gasteiger partial charge in [0.25, 0.3) is 0 Å². The number of alkyl halides is 1. The molecule has 1 atom stereocenters. The van der Waals surface area contributed by atoms with E-state index >= 15 is 0 Å². The summed E-state index contributed by atoms with van der Waals surface area (Å²) in [5.41, 5.74) is 0. The first kappa shape index (κ1) is 23.8. The van der Waals surface area contributed by atoms with Crippen molar-refractivity contribution in [1.29, 1.82) is 0 Å². The predicted octanol–water partition coefficient (Wildman–Crippen LogP) is 8.11. The van der Waals surface area contributed by atoms with E-state index in [9.17, 15) is 4.79 Å². The maximum atomic E-state index is 10.6. The lowest BCUT2D eigenvalue weighted by molar-refractivity contribution is -0.136. The number of rotatable bonds is 17. The summed E-state index contributed by atoms with van der Waals surface area (Å²) < 4.78 is 0. The number of unbranched alkanes of at least 4 members (excludes halogenated alkanes) is 12. The summed E-state index contributed by atoms with van der Waals surface area (Å²) in [6, 6.07) is 0. The summed E-state index contributed by atoms with van der Waals surface area (Å²) in [7, 11) is 0. The number of hydrogen-bond donors (Lipinski definition) is 1. The van der Waals surface area contributed by atoms with Crippen molar-refractivity contribution in [1.82, 2.24) is 0 Å². The van der Waals surface area contributed by atoms with E-state index in [1.54, 1.807) is 0 Å². The molecule has 0 bridgehead atoms. The van der Waals surface area contributed by atoms with E-state index in [0.29, 0.717) is 6.42 Å². The molecule has 1 rings (SSSR count). The van der Waals surface area contributed by atoms with E-state index < -0.39 is 11.3 Å². The van der Waals surface area contributed by atoms with Gasteiger partial charge in [-0.3, -0.25) is 4.79 Å². The van der Waals surface area contributed by atoms with Crippen LogP contribution in [0.25, 0.3) is 0 Å². The molecule has 0 spiro atoms. The summed E-state index contributed by atoms with van der Waals surface area (Å²) in [4.78, 5) is 10.6. The van der Waals surface area contributed by atoms with Gasteiger partial charge in [-0.25, -0.2) is 0 Å². The van der Waals surface area contributed by atoms with Crippen LogP contribution in [-0.4, -0.2) is 16.5 Å². The Kier molecular flexibility index (Phi) is 15.5. The molecule has 26 heavy (non-hydrogen) atoms. The van der Waals surface area contributed by atoms with Crippen LogP contribution in [0.15, 0.2) is 0 Å². The van der Waals surface area contributed by atoms with Crippen molar-refractivity contribution in [2.75, 3.05) is 0 Å². The predicted molar refractivity (Wildman–Crippen MR) is 113 cm³/mol. The average molecular weight is 387 g/mol. The summed E-state index contributed by atoms with van der Waals surface area (Å²) in [6.45, 7) is 0. The molecule has 3 heteroatoms. The second-order valence-corrected chi connectivity index (χ2v) is 9.01. The van der Waals surface area contributed by atoms with Gasteiger partial charge in [0.1, 0.15) is 5.38 Å². The Morgan fingerprint density at radius 3 is 1.62 bits per heavy atom. The fraction of sp³-hybridized carbons (Fsp3) is 0.957. The highest BCUT2D eigenvalue weighted by atomic mass is 35.5. The van der Waals surface area contributed by atoms with Crippen molar-refractivity contribution in [3.05, 3.63) is 0 Å². The second-order valence-electron chi connectivity index (χ2n) is 8.48. The highest BCUT2D eigenvalue weighted by Gasteiger charge is 2.12. The Bertz CT molecular complexity index is 326. The molecule has 1 saturated carbocycles. The third kappa shape index (κ3) is 13.9. The van der Waals surface area contributed by atoms with Crippen molar-refractivity contribution in [3.8, 4) is 0 Å². The van der Waals surface area contributed by atoms with Crippen LogP contribution in [0, 0.1) is 5.92 Å². The summed E-state index contributed by atoms with van der Waals surface area (Å²) in [5.74, 6) is 0.188. The number of halogens is 1. The van der Waals surface area contributed by atoms with E-state index in [0.717, 1.165) is 18.8 Å². The Morgan fingerprint density at radius 2 is 1.15 bits per heavy atom. The zero-order chi connectivity index (χ0) is 18.9. The zero-order valence-corrected chi connectivity index (χ0v) is 17.8. The highest BCUT2D eigenvalue weighted by Crippen LogP contribution is 2.28. The largest absolute Gasteiger partial charge is 0.480 e. The molecule has 0 amide bonds. The van der Waals surface area contributed by atoms with Crippen LogP contribution in [0.3, 0.4) is 0 Å². The van der Waals surface area contributed by atoms with Gasteiger partial charge in [0.15, 0.2) is 0 Å². The van der Waals surface area contributed by atoms with Crippen molar-refractivity contribution in [2.24, 2.45) is 5.92 Å². The molecule has 0 aliphatic heterocycles. The topological polar surface area (TPSA) is 37.3 Å². The van der Waals surface area contributed by atoms with E-state index in [-0.39, 0.29) is 0 Å². The van der Waals surface area contributed by atoms with E-state index in [2.05, 4.69) is 0 Å². The smallest absolute Gasteiger partial charge is 0.321 e. The quantitative estimate of drug-likeness (QED) is 0.202. The standard InChI is InChI=1S/C23H43ClO2/c24-22(23(25)26)20-16-11-9-7-5-3-1-2-4-6-8-10-13-17-21-18-14-12-15-19-21/h21-22H,1-20H2,(H,25,26). The van der Waals surface area contributed by atoms with Gasteiger partial charge in [-0.05, 0) is 12.3 Å². The molecule has 0 saturated heterocycles. The first-order chi connectivity index (χ1) is 12.7. The summed E-state index contributed by atoms with van der Waals surface area (Å²) >= 11 is 5.70. The van der Waals surface area contributed by atoms with E-state index in [1.807, 2.05) is 0 Å². The Hall–Kier alpha value is -0.240. The molecule has 1 fully saturated rings. The summed E-state index contributed by atoms with van der Waals surface area (Å²) in [5, 5.41) is 8.02. The fourth-order valence-corrected chi connectivity index (χ4v) is 4.45. The first-order valence-electron chi connectivity index (χ1n) is 11.6. The van der Waals surface area contributed by atoms with Crippen LogP contribution in [0.1, 0.15) is 128 Å². The number of aliphatic carboxylic acids is 1. The normalized spacial score (nSPS) is 16.7. The van der Waals surface area contributed by atoms with Gasteiger partial charge in [-0.15, -0.1) is 11.6 Å². The number of hydrogen-bond acceptors (Lipinski definition) is 1. The van der Waals surface area contributed by atoms with Crippen molar-refractivity contribution in [3.63, 3.8) is 0 Å². The Morgan fingerprint density at radius 1 is 0.731 bits per heavy atom. The van der Waals surface area contributed by atoms with E-state index in [1.165, 1.54) is 109 Å². The van der Waals surface area contributed by atoms with Gasteiger partial charge in [0, 0.05) is 0 Å². The van der Waals surface area contributed by atoms with Crippen LogP contribution in [-0.2, 0) is 4.79 Å². The summed E-state index contributed by atoms with van der Waals surface area (Å²) in [6.07, 6.45) is 26.9. The number of carboxylic acids is 1. The van der Waals surface area contributed by atoms with Gasteiger partial charge in [0.05, 0.1) is 0 Å². The van der Waals surface area contributed by atoms with Crippen LogP contribution in [0.4, 0.5) is 0 Å². The minimum absolute atomic E-state index is 0.609. The fourth-order valence-electron chi connectivity index (χ4n) is 4.30. The molecule has 154 valence electrons. The monoisotopic (exact) mass is 386 g/mol. The minimum atomic E-state index is -0.879. The van der Waals surface area contributed by atoms with Gasteiger partial charge < -0.3 is 5.11 Å². The maximum absolute atomic E-state index is 10.6. The lowest BCUT2D eigenvalue weighted by atomic mass is 9.85. The third-order valence-corrected chi connectivity index (χ3v) is 6.47. The number of carboxylic acid groups (broad SMARTS) is 1. The molecule has 1 N–H and O–H groups in total. The Balaban J connectivity index is 1.70. The van der Waals surface area contributed by atoms with Crippen LogP contribution < -0.4 is 0 Å². The lowest BCUT2D eigenvalue weighted by Crippen LogP contribution is -2.12. The molecule has 1 aliphatic carbocycles. The van der Waals surface area contributed by atoms with Gasteiger partial charge in [-0.2, -0.15) is 0 Å². The van der Waals surface area contributed by atoms with Crippen LogP contribution in [0.5, 0.6) is 0 Å². The Labute approximate surface area is 167 Å². The molecular formula is C23H43ClO2. The molecule has 1 aliphatic rings. The first-order valence-corrected chi connectivity index (χ1v) is 12.0. The second kappa shape index (κ2) is 16.9. The van der Waals surface area contributed by atoms with Gasteiger partial charge in [-0.1, -0.05) is 122 Å². The molecule has 0 heterocycles. The minimum Gasteiger partial charge on any atom is -0.480 e.